The maximum Gasteiger partial charge on any atom is 0.274 e. The van der Waals surface area contributed by atoms with Crippen LogP contribution in [-0.2, 0) is 4.74 Å². The van der Waals surface area contributed by atoms with E-state index in [9.17, 15) is 4.79 Å². The molecule has 0 saturated carbocycles. The zero-order chi connectivity index (χ0) is 18.2. The van der Waals surface area contributed by atoms with Crippen LogP contribution in [0.3, 0.4) is 0 Å². The number of nitrogens with one attached hydrogen (secondary N) is 2. The van der Waals surface area contributed by atoms with Gasteiger partial charge in [0.1, 0.15) is 5.69 Å². The molecule has 1 aromatic carbocycles. The number of rotatable bonds is 6. The molecule has 0 radical (unpaired) electrons. The summed E-state index contributed by atoms with van der Waals surface area (Å²) in [5.41, 5.74) is 2.40. The SMILES string of the molecule is N#Cc1ccc(NC(=O)c2ccc(NCCN3CCOCC3)cn2)cc1. The highest BCUT2D eigenvalue weighted by Gasteiger charge is 2.10. The molecule has 0 aliphatic carbocycles. The molecule has 1 fully saturated rings. The number of pyridine rings is 1. The molecule has 1 aromatic heterocycles. The lowest BCUT2D eigenvalue weighted by atomic mass is 10.2. The highest BCUT2D eigenvalue weighted by Crippen LogP contribution is 2.11. The minimum absolute atomic E-state index is 0.283. The smallest absolute Gasteiger partial charge is 0.274 e. The fourth-order valence-electron chi connectivity index (χ4n) is 2.64. The standard InChI is InChI=1S/C19H21N5O2/c20-13-15-1-3-16(4-2-15)23-19(25)18-6-5-17(14-22-18)21-7-8-24-9-11-26-12-10-24/h1-6,14,21H,7-12H2,(H,23,25). The van der Waals surface area contributed by atoms with Gasteiger partial charge < -0.3 is 15.4 Å². The molecule has 2 N–H and O–H groups in total. The molecule has 1 aliphatic heterocycles. The van der Waals surface area contributed by atoms with Crippen LogP contribution in [0.1, 0.15) is 16.1 Å². The summed E-state index contributed by atoms with van der Waals surface area (Å²) < 4.78 is 5.33. The van der Waals surface area contributed by atoms with Crippen molar-refractivity contribution < 1.29 is 9.53 Å². The Kier molecular flexibility index (Phi) is 6.14. The Morgan fingerprint density at radius 2 is 1.88 bits per heavy atom. The second-order valence-corrected chi connectivity index (χ2v) is 5.96. The molecule has 7 nitrogen and oxygen atoms in total. The molecule has 26 heavy (non-hydrogen) atoms. The summed E-state index contributed by atoms with van der Waals surface area (Å²) in [6, 6.07) is 12.3. The highest BCUT2D eigenvalue weighted by molar-refractivity contribution is 6.02. The van der Waals surface area contributed by atoms with Crippen LogP contribution in [0.2, 0.25) is 0 Å². The lowest BCUT2D eigenvalue weighted by molar-refractivity contribution is 0.0398. The third kappa shape index (κ3) is 5.02. The van der Waals surface area contributed by atoms with Crippen molar-refractivity contribution in [2.75, 3.05) is 50.0 Å². The molecule has 1 aliphatic rings. The monoisotopic (exact) mass is 351 g/mol. The van der Waals surface area contributed by atoms with Crippen LogP contribution in [0.25, 0.3) is 0 Å². The van der Waals surface area contributed by atoms with Gasteiger partial charge in [-0.25, -0.2) is 4.98 Å². The summed E-state index contributed by atoms with van der Waals surface area (Å²) in [6.07, 6.45) is 1.66. The van der Waals surface area contributed by atoms with Gasteiger partial charge in [-0.3, -0.25) is 9.69 Å². The minimum atomic E-state index is -0.283. The van der Waals surface area contributed by atoms with Gasteiger partial charge in [-0.2, -0.15) is 5.26 Å². The van der Waals surface area contributed by atoms with Gasteiger partial charge in [-0.1, -0.05) is 0 Å². The van der Waals surface area contributed by atoms with E-state index in [1.807, 2.05) is 12.1 Å². The molecule has 0 bridgehead atoms. The van der Waals surface area contributed by atoms with Gasteiger partial charge in [0.25, 0.3) is 5.91 Å². The zero-order valence-corrected chi connectivity index (χ0v) is 14.4. The maximum absolute atomic E-state index is 12.2. The fourth-order valence-corrected chi connectivity index (χ4v) is 2.64. The van der Waals surface area contributed by atoms with Gasteiger partial charge in [0.2, 0.25) is 0 Å². The van der Waals surface area contributed by atoms with E-state index < -0.39 is 0 Å². The van der Waals surface area contributed by atoms with Gasteiger partial charge >= 0.3 is 0 Å². The lowest BCUT2D eigenvalue weighted by Crippen LogP contribution is -2.39. The third-order valence-electron chi connectivity index (χ3n) is 4.13. The van der Waals surface area contributed by atoms with Crippen LogP contribution in [0.4, 0.5) is 11.4 Å². The Hall–Kier alpha value is -2.95. The van der Waals surface area contributed by atoms with Crippen LogP contribution in [-0.4, -0.2) is 55.2 Å². The predicted octanol–water partition coefficient (Wildman–Crippen LogP) is 1.95. The topological polar surface area (TPSA) is 90.3 Å². The van der Waals surface area contributed by atoms with E-state index in [0.29, 0.717) is 16.9 Å². The number of ether oxygens (including phenoxy) is 1. The van der Waals surface area contributed by atoms with Gasteiger partial charge in [-0.15, -0.1) is 0 Å². The Labute approximate surface area is 152 Å². The van der Waals surface area contributed by atoms with Crippen LogP contribution >= 0.6 is 0 Å². The number of carbonyl (C=O) groups excluding carboxylic acids is 1. The van der Waals surface area contributed by atoms with Crippen molar-refractivity contribution in [3.63, 3.8) is 0 Å². The molecule has 1 saturated heterocycles. The van der Waals surface area contributed by atoms with Gasteiger partial charge in [0.05, 0.1) is 36.7 Å². The summed E-state index contributed by atoms with van der Waals surface area (Å²) in [4.78, 5) is 18.8. The lowest BCUT2D eigenvalue weighted by Gasteiger charge is -2.26. The number of morpholine rings is 1. The quantitative estimate of drug-likeness (QED) is 0.827. The number of amides is 1. The number of nitrogens with zero attached hydrogens (tertiary/aromatic N) is 3. The average Bonchev–Trinajstić information content (AvgIpc) is 2.70. The fraction of sp³-hybridized carbons (Fsp3) is 0.316. The number of hydrogen-bond acceptors (Lipinski definition) is 6. The number of anilines is 2. The van der Waals surface area contributed by atoms with Crippen molar-refractivity contribution in [3.8, 4) is 6.07 Å². The first-order valence-corrected chi connectivity index (χ1v) is 8.56. The van der Waals surface area contributed by atoms with E-state index in [2.05, 4.69) is 20.5 Å². The molecular formula is C19H21N5O2. The van der Waals surface area contributed by atoms with Gasteiger partial charge in [0, 0.05) is 31.9 Å². The van der Waals surface area contributed by atoms with Crippen LogP contribution in [0.5, 0.6) is 0 Å². The number of benzene rings is 1. The second-order valence-electron chi connectivity index (χ2n) is 5.96. The number of hydrogen-bond donors (Lipinski definition) is 2. The molecular weight excluding hydrogens is 330 g/mol. The minimum Gasteiger partial charge on any atom is -0.383 e. The van der Waals surface area contributed by atoms with Crippen LogP contribution < -0.4 is 10.6 Å². The maximum atomic E-state index is 12.2. The Morgan fingerprint density at radius 1 is 1.15 bits per heavy atom. The Morgan fingerprint density at radius 3 is 2.54 bits per heavy atom. The molecule has 0 spiro atoms. The molecule has 3 rings (SSSR count). The molecule has 2 aromatic rings. The average molecular weight is 351 g/mol. The summed E-state index contributed by atoms with van der Waals surface area (Å²) >= 11 is 0. The summed E-state index contributed by atoms with van der Waals surface area (Å²) in [7, 11) is 0. The highest BCUT2D eigenvalue weighted by atomic mass is 16.5. The summed E-state index contributed by atoms with van der Waals surface area (Å²) in [5, 5.41) is 14.9. The zero-order valence-electron chi connectivity index (χ0n) is 14.4. The van der Waals surface area contributed by atoms with Crippen molar-refractivity contribution in [1.29, 1.82) is 5.26 Å². The molecule has 1 amide bonds. The molecule has 0 atom stereocenters. The van der Waals surface area contributed by atoms with E-state index >= 15 is 0 Å². The molecule has 0 unspecified atom stereocenters. The molecule has 134 valence electrons. The molecule has 7 heteroatoms. The van der Waals surface area contributed by atoms with Crippen molar-refractivity contribution in [1.82, 2.24) is 9.88 Å². The van der Waals surface area contributed by atoms with Crippen molar-refractivity contribution in [2.24, 2.45) is 0 Å². The first kappa shape index (κ1) is 17.9. The van der Waals surface area contributed by atoms with Crippen molar-refractivity contribution in [2.45, 2.75) is 0 Å². The number of carbonyl (C=O) groups is 1. The Balaban J connectivity index is 1.48. The Bertz CT molecular complexity index is 762. The van der Waals surface area contributed by atoms with Crippen LogP contribution in [0.15, 0.2) is 42.6 Å². The van der Waals surface area contributed by atoms with Crippen molar-refractivity contribution in [3.05, 3.63) is 53.9 Å². The molecule has 2 heterocycles. The van der Waals surface area contributed by atoms with Gasteiger partial charge in [-0.05, 0) is 36.4 Å². The summed E-state index contributed by atoms with van der Waals surface area (Å²) in [6.45, 7) is 5.29. The van der Waals surface area contributed by atoms with E-state index in [0.717, 1.165) is 45.1 Å². The second kappa shape index (κ2) is 8.94. The van der Waals surface area contributed by atoms with Gasteiger partial charge in [0.15, 0.2) is 0 Å². The largest absolute Gasteiger partial charge is 0.383 e. The van der Waals surface area contributed by atoms with Crippen LogP contribution in [0, 0.1) is 11.3 Å². The van der Waals surface area contributed by atoms with Crippen molar-refractivity contribution >= 4 is 17.3 Å². The normalized spacial score (nSPS) is 14.4. The van der Waals surface area contributed by atoms with E-state index in [-0.39, 0.29) is 5.91 Å². The van der Waals surface area contributed by atoms with E-state index in [1.54, 1.807) is 36.5 Å². The number of nitriles is 1. The first-order valence-electron chi connectivity index (χ1n) is 8.56. The first-order chi connectivity index (χ1) is 12.7. The number of aromatic nitrogens is 1. The summed E-state index contributed by atoms with van der Waals surface area (Å²) in [5.74, 6) is -0.283. The predicted molar refractivity (Wildman–Crippen MR) is 99.1 cm³/mol. The third-order valence-corrected chi connectivity index (χ3v) is 4.13. The van der Waals surface area contributed by atoms with E-state index in [1.165, 1.54) is 0 Å². The van der Waals surface area contributed by atoms with E-state index in [4.69, 9.17) is 10.00 Å².